The first kappa shape index (κ1) is 15.7. The molecule has 0 bridgehead atoms. The summed E-state index contributed by atoms with van der Waals surface area (Å²) in [5.41, 5.74) is 0.908. The molecule has 1 N–H and O–H groups in total. The van der Waals surface area contributed by atoms with Gasteiger partial charge in [0, 0.05) is 18.1 Å². The molecule has 1 aromatic carbocycles. The molecular weight excluding hydrogens is 288 g/mol. The van der Waals surface area contributed by atoms with Gasteiger partial charge in [-0.15, -0.1) is 0 Å². The van der Waals surface area contributed by atoms with Crippen LogP contribution in [0.2, 0.25) is 0 Å². The Balaban J connectivity index is 1.82. The van der Waals surface area contributed by atoms with E-state index in [1.807, 2.05) is 37.3 Å². The van der Waals surface area contributed by atoms with Crippen LogP contribution in [0.4, 0.5) is 0 Å². The van der Waals surface area contributed by atoms with Crippen LogP contribution in [0.3, 0.4) is 0 Å². The Labute approximate surface area is 125 Å². The highest BCUT2D eigenvalue weighted by Crippen LogP contribution is 2.18. The smallest absolute Gasteiger partial charge is 0.211 e. The molecule has 5 nitrogen and oxygen atoms in total. The minimum atomic E-state index is -3.17. The molecule has 0 atom stereocenters. The summed E-state index contributed by atoms with van der Waals surface area (Å²) in [4.78, 5) is 4.23. The molecule has 6 heteroatoms. The molecule has 2 rings (SSSR count). The van der Waals surface area contributed by atoms with Crippen LogP contribution in [0.15, 0.2) is 36.5 Å². The molecule has 1 aromatic heterocycles. The van der Waals surface area contributed by atoms with Crippen molar-refractivity contribution in [3.8, 4) is 5.75 Å². The van der Waals surface area contributed by atoms with Gasteiger partial charge < -0.3 is 4.74 Å². The number of aromatic nitrogens is 1. The second-order valence-corrected chi connectivity index (χ2v) is 6.70. The Morgan fingerprint density at radius 1 is 1.29 bits per heavy atom. The van der Waals surface area contributed by atoms with E-state index in [2.05, 4.69) is 9.71 Å². The predicted molar refractivity (Wildman–Crippen MR) is 83.9 cm³/mol. The van der Waals surface area contributed by atoms with E-state index in [-0.39, 0.29) is 12.3 Å². The summed E-state index contributed by atoms with van der Waals surface area (Å²) in [6, 6.07) is 9.45. The molecule has 0 amide bonds. The number of nitrogens with one attached hydrogen (secondary N) is 1. The normalized spacial score (nSPS) is 11.7. The van der Waals surface area contributed by atoms with E-state index >= 15 is 0 Å². The van der Waals surface area contributed by atoms with Crippen LogP contribution in [-0.4, -0.2) is 32.3 Å². The average molecular weight is 308 g/mol. The van der Waals surface area contributed by atoms with E-state index in [9.17, 15) is 8.42 Å². The second-order valence-electron chi connectivity index (χ2n) is 4.77. The van der Waals surface area contributed by atoms with Crippen molar-refractivity contribution in [2.45, 2.75) is 19.8 Å². The maximum atomic E-state index is 11.6. The number of ether oxygens (including phenoxy) is 1. The Bertz CT molecular complexity index is 686. The fourth-order valence-corrected chi connectivity index (χ4v) is 3.12. The molecule has 0 unspecified atom stereocenters. The lowest BCUT2D eigenvalue weighted by Gasteiger charge is -2.08. The summed E-state index contributed by atoms with van der Waals surface area (Å²) in [7, 11) is -3.17. The average Bonchev–Trinajstić information content (AvgIpc) is 2.49. The third-order valence-electron chi connectivity index (χ3n) is 3.03. The van der Waals surface area contributed by atoms with Gasteiger partial charge in [0.05, 0.1) is 11.3 Å². The molecule has 0 spiro atoms. The van der Waals surface area contributed by atoms with Crippen LogP contribution in [-0.2, 0) is 10.0 Å². The van der Waals surface area contributed by atoms with Gasteiger partial charge in [0.25, 0.3) is 0 Å². The van der Waals surface area contributed by atoms with Crippen LogP contribution in [0, 0.1) is 0 Å². The Morgan fingerprint density at radius 2 is 2.14 bits per heavy atom. The number of rotatable bonds is 8. The lowest BCUT2D eigenvalue weighted by Crippen LogP contribution is -2.30. The highest BCUT2D eigenvalue weighted by molar-refractivity contribution is 7.89. The summed E-state index contributed by atoms with van der Waals surface area (Å²) in [6.07, 6.45) is 3.28. The van der Waals surface area contributed by atoms with Crippen LogP contribution in [0.1, 0.15) is 19.8 Å². The number of hydrogen-bond donors (Lipinski definition) is 1. The van der Waals surface area contributed by atoms with Crippen LogP contribution in [0.5, 0.6) is 5.75 Å². The quantitative estimate of drug-likeness (QED) is 0.760. The first-order valence-electron chi connectivity index (χ1n) is 7.05. The SMILES string of the molecule is CCCCS(=O)(=O)NCCOc1ccc2ncccc2c1. The van der Waals surface area contributed by atoms with E-state index in [0.717, 1.165) is 17.3 Å². The van der Waals surface area contributed by atoms with Crippen molar-refractivity contribution in [3.05, 3.63) is 36.5 Å². The molecule has 0 aliphatic carbocycles. The van der Waals surface area contributed by atoms with Crippen LogP contribution in [0.25, 0.3) is 10.9 Å². The summed E-state index contributed by atoms with van der Waals surface area (Å²) in [5, 5.41) is 0.999. The number of unbranched alkanes of at least 4 members (excludes halogenated alkanes) is 1. The van der Waals surface area contributed by atoms with E-state index in [1.165, 1.54) is 0 Å². The summed E-state index contributed by atoms with van der Waals surface area (Å²) >= 11 is 0. The second kappa shape index (κ2) is 7.38. The monoisotopic (exact) mass is 308 g/mol. The van der Waals surface area contributed by atoms with E-state index in [1.54, 1.807) is 6.20 Å². The largest absolute Gasteiger partial charge is 0.492 e. The molecular formula is C15H20N2O3S. The van der Waals surface area contributed by atoms with Gasteiger partial charge in [0.2, 0.25) is 10.0 Å². The van der Waals surface area contributed by atoms with E-state index in [0.29, 0.717) is 18.8 Å². The van der Waals surface area contributed by atoms with Crippen molar-refractivity contribution in [1.82, 2.24) is 9.71 Å². The standard InChI is InChI=1S/C15H20N2O3S/c1-2-3-11-21(18,19)17-9-10-20-14-6-7-15-13(12-14)5-4-8-16-15/h4-8,12,17H,2-3,9-11H2,1H3. The van der Waals surface area contributed by atoms with Gasteiger partial charge in [-0.3, -0.25) is 4.98 Å². The molecule has 0 radical (unpaired) electrons. The molecule has 0 aliphatic heterocycles. The Kier molecular flexibility index (Phi) is 5.52. The van der Waals surface area contributed by atoms with Gasteiger partial charge in [-0.05, 0) is 30.7 Å². The fourth-order valence-electron chi connectivity index (χ4n) is 1.92. The maximum absolute atomic E-state index is 11.6. The first-order chi connectivity index (χ1) is 10.1. The maximum Gasteiger partial charge on any atom is 0.211 e. The third-order valence-corrected chi connectivity index (χ3v) is 4.50. The number of hydrogen-bond acceptors (Lipinski definition) is 4. The molecule has 0 fully saturated rings. The van der Waals surface area contributed by atoms with Crippen LogP contribution < -0.4 is 9.46 Å². The summed E-state index contributed by atoms with van der Waals surface area (Å²) < 4.78 is 31.3. The molecule has 2 aromatic rings. The molecule has 0 saturated heterocycles. The topological polar surface area (TPSA) is 68.3 Å². The molecule has 0 saturated carbocycles. The lowest BCUT2D eigenvalue weighted by atomic mass is 10.2. The minimum absolute atomic E-state index is 0.172. The summed E-state index contributed by atoms with van der Waals surface area (Å²) in [6.45, 7) is 2.54. The fraction of sp³-hybridized carbons (Fsp3) is 0.400. The van der Waals surface area contributed by atoms with Crippen molar-refractivity contribution in [1.29, 1.82) is 0 Å². The third kappa shape index (κ3) is 4.99. The summed E-state index contributed by atoms with van der Waals surface area (Å²) in [5.74, 6) is 0.883. The zero-order chi connectivity index (χ0) is 15.1. The van der Waals surface area contributed by atoms with Crippen LogP contribution >= 0.6 is 0 Å². The molecule has 21 heavy (non-hydrogen) atoms. The highest BCUT2D eigenvalue weighted by Gasteiger charge is 2.08. The van der Waals surface area contributed by atoms with E-state index in [4.69, 9.17) is 4.74 Å². The van der Waals surface area contributed by atoms with Gasteiger partial charge in [-0.2, -0.15) is 0 Å². The van der Waals surface area contributed by atoms with Gasteiger partial charge in [0.15, 0.2) is 0 Å². The molecule has 1 heterocycles. The zero-order valence-corrected chi connectivity index (χ0v) is 12.9. The van der Waals surface area contributed by atoms with Gasteiger partial charge in [-0.25, -0.2) is 13.1 Å². The number of sulfonamides is 1. The van der Waals surface area contributed by atoms with Gasteiger partial charge >= 0.3 is 0 Å². The lowest BCUT2D eigenvalue weighted by molar-refractivity contribution is 0.323. The van der Waals surface area contributed by atoms with Crippen molar-refractivity contribution in [2.24, 2.45) is 0 Å². The number of benzene rings is 1. The first-order valence-corrected chi connectivity index (χ1v) is 8.71. The number of pyridine rings is 1. The predicted octanol–water partition coefficient (Wildman–Crippen LogP) is 2.33. The Hall–Kier alpha value is -1.66. The Morgan fingerprint density at radius 3 is 2.95 bits per heavy atom. The van der Waals surface area contributed by atoms with Crippen molar-refractivity contribution in [3.63, 3.8) is 0 Å². The number of nitrogens with zero attached hydrogens (tertiary/aromatic N) is 1. The van der Waals surface area contributed by atoms with E-state index < -0.39 is 10.0 Å². The number of fused-ring (bicyclic) bond motifs is 1. The van der Waals surface area contributed by atoms with Crippen molar-refractivity contribution >= 4 is 20.9 Å². The zero-order valence-electron chi connectivity index (χ0n) is 12.1. The van der Waals surface area contributed by atoms with Crippen molar-refractivity contribution < 1.29 is 13.2 Å². The molecule has 0 aliphatic rings. The highest BCUT2D eigenvalue weighted by atomic mass is 32.2. The van der Waals surface area contributed by atoms with Crippen molar-refractivity contribution in [2.75, 3.05) is 18.9 Å². The molecule has 114 valence electrons. The van der Waals surface area contributed by atoms with Gasteiger partial charge in [0.1, 0.15) is 12.4 Å². The van der Waals surface area contributed by atoms with Gasteiger partial charge in [-0.1, -0.05) is 19.4 Å². The minimum Gasteiger partial charge on any atom is -0.492 e.